The lowest BCUT2D eigenvalue weighted by molar-refractivity contribution is 0.0942. The second-order valence-corrected chi connectivity index (χ2v) is 7.80. The highest BCUT2D eigenvalue weighted by molar-refractivity contribution is 7.98. The molecule has 2 aromatic carbocycles. The summed E-state index contributed by atoms with van der Waals surface area (Å²) >= 11 is 1.42. The highest BCUT2D eigenvalue weighted by Gasteiger charge is 2.19. The Kier molecular flexibility index (Phi) is 6.44. The van der Waals surface area contributed by atoms with Crippen LogP contribution in [-0.2, 0) is 0 Å². The van der Waals surface area contributed by atoms with Gasteiger partial charge in [-0.3, -0.25) is 10.2 Å². The molecule has 1 aliphatic rings. The molecule has 0 heterocycles. The third-order valence-corrected chi connectivity index (χ3v) is 5.73. The van der Waals surface area contributed by atoms with Gasteiger partial charge in [-0.25, -0.2) is 13.2 Å². The third-order valence-electron chi connectivity index (χ3n) is 4.70. The van der Waals surface area contributed by atoms with Gasteiger partial charge in [0.1, 0.15) is 5.82 Å². The number of nitrogens with one attached hydrogen (secondary N) is 2. The number of carbonyl (C=O) groups excluding carboxylic acids is 1. The molecule has 1 fully saturated rings. The summed E-state index contributed by atoms with van der Waals surface area (Å²) in [6.45, 7) is 1.48. The van der Waals surface area contributed by atoms with Gasteiger partial charge in [-0.15, -0.1) is 0 Å². The van der Waals surface area contributed by atoms with Gasteiger partial charge in [0.25, 0.3) is 5.91 Å². The fraction of sp³-hybridized carbons (Fsp3) is 0.350. The SMILES string of the molecule is Cc1cc(-c2cccc(F)c2F)cc(C(=O)NNSC2CCCCC2)c1F. The average Bonchev–Trinajstić information content (AvgIpc) is 2.67. The van der Waals surface area contributed by atoms with Gasteiger partial charge in [0, 0.05) is 10.8 Å². The molecule has 0 aliphatic heterocycles. The van der Waals surface area contributed by atoms with Gasteiger partial charge in [-0.1, -0.05) is 43.3 Å². The van der Waals surface area contributed by atoms with Crippen LogP contribution in [0.1, 0.15) is 48.0 Å². The summed E-state index contributed by atoms with van der Waals surface area (Å²) in [5.74, 6) is -3.36. The van der Waals surface area contributed by atoms with Crippen LogP contribution in [0, 0.1) is 24.4 Å². The second kappa shape index (κ2) is 8.80. The van der Waals surface area contributed by atoms with E-state index >= 15 is 0 Å². The number of aryl methyl sites for hydroxylation is 1. The number of hydrogen-bond donors (Lipinski definition) is 2. The number of amides is 1. The summed E-state index contributed by atoms with van der Waals surface area (Å²) in [5.41, 5.74) is 2.68. The van der Waals surface area contributed by atoms with Crippen LogP contribution in [0.25, 0.3) is 11.1 Å². The standard InChI is InChI=1S/C20H21F3N2OS/c1-12-10-13(15-8-5-9-17(21)19(15)23)11-16(18(12)22)20(26)24-25-27-14-6-3-2-4-7-14/h5,8-11,14,25H,2-4,6-7H2,1H3,(H,24,26). The summed E-state index contributed by atoms with van der Waals surface area (Å²) in [5, 5.41) is 0.415. The largest absolute Gasteiger partial charge is 0.277 e. The lowest BCUT2D eigenvalue weighted by Crippen LogP contribution is -2.35. The Morgan fingerprint density at radius 3 is 2.56 bits per heavy atom. The zero-order valence-corrected chi connectivity index (χ0v) is 15.8. The summed E-state index contributed by atoms with van der Waals surface area (Å²) in [6.07, 6.45) is 5.73. The van der Waals surface area contributed by atoms with Crippen molar-refractivity contribution in [3.05, 3.63) is 58.9 Å². The van der Waals surface area contributed by atoms with Crippen LogP contribution in [-0.4, -0.2) is 11.2 Å². The number of rotatable bonds is 5. The Bertz CT molecular complexity index is 838. The smallest absolute Gasteiger partial charge is 0.269 e. The van der Waals surface area contributed by atoms with Crippen molar-refractivity contribution in [2.75, 3.05) is 0 Å². The number of carbonyl (C=O) groups is 1. The number of halogens is 3. The van der Waals surface area contributed by atoms with Crippen LogP contribution >= 0.6 is 11.9 Å². The summed E-state index contributed by atoms with van der Waals surface area (Å²) in [7, 11) is 0. The molecule has 0 spiro atoms. The first-order chi connectivity index (χ1) is 13.0. The zero-order chi connectivity index (χ0) is 19.4. The molecule has 0 radical (unpaired) electrons. The molecule has 1 saturated carbocycles. The van der Waals surface area contributed by atoms with E-state index in [9.17, 15) is 18.0 Å². The van der Waals surface area contributed by atoms with Crippen molar-refractivity contribution in [2.45, 2.75) is 44.3 Å². The lowest BCUT2D eigenvalue weighted by Gasteiger charge is -2.21. The van der Waals surface area contributed by atoms with E-state index in [-0.39, 0.29) is 22.3 Å². The minimum absolute atomic E-state index is 0.0170. The molecule has 144 valence electrons. The molecule has 0 aromatic heterocycles. The minimum Gasteiger partial charge on any atom is -0.277 e. The average molecular weight is 394 g/mol. The monoisotopic (exact) mass is 394 g/mol. The maximum atomic E-state index is 14.4. The molecular weight excluding hydrogens is 373 g/mol. The van der Waals surface area contributed by atoms with E-state index in [1.54, 1.807) is 0 Å². The predicted octanol–water partition coefficient (Wildman–Crippen LogP) is 5.29. The quantitative estimate of drug-likeness (QED) is 0.534. The van der Waals surface area contributed by atoms with Gasteiger partial charge < -0.3 is 0 Å². The molecule has 27 heavy (non-hydrogen) atoms. The lowest BCUT2D eigenvalue weighted by atomic mass is 9.98. The maximum absolute atomic E-state index is 14.4. The first kappa shape index (κ1) is 19.8. The van der Waals surface area contributed by atoms with Crippen molar-refractivity contribution < 1.29 is 18.0 Å². The summed E-state index contributed by atoms with van der Waals surface area (Å²) < 4.78 is 42.0. The zero-order valence-electron chi connectivity index (χ0n) is 15.0. The summed E-state index contributed by atoms with van der Waals surface area (Å²) in [4.78, 5) is 15.2. The van der Waals surface area contributed by atoms with Crippen molar-refractivity contribution in [2.24, 2.45) is 0 Å². The van der Waals surface area contributed by atoms with Crippen molar-refractivity contribution in [1.82, 2.24) is 10.3 Å². The van der Waals surface area contributed by atoms with E-state index in [0.717, 1.165) is 18.9 Å². The van der Waals surface area contributed by atoms with Gasteiger partial charge in [0.05, 0.1) is 5.56 Å². The van der Waals surface area contributed by atoms with E-state index in [1.807, 2.05) is 0 Å². The van der Waals surface area contributed by atoms with Crippen molar-refractivity contribution in [3.8, 4) is 11.1 Å². The number of hydrazine groups is 1. The predicted molar refractivity (Wildman–Crippen MR) is 102 cm³/mol. The molecule has 0 unspecified atom stereocenters. The van der Waals surface area contributed by atoms with Gasteiger partial charge in [-0.05, 0) is 49.1 Å². The Morgan fingerprint density at radius 1 is 1.07 bits per heavy atom. The Hall–Kier alpha value is -1.99. The third kappa shape index (κ3) is 4.65. The number of hydrogen-bond acceptors (Lipinski definition) is 3. The van der Waals surface area contributed by atoms with E-state index < -0.39 is 23.4 Å². The molecule has 0 saturated heterocycles. The second-order valence-electron chi connectivity index (χ2n) is 6.69. The van der Waals surface area contributed by atoms with Gasteiger partial charge in [0.2, 0.25) is 0 Å². The molecule has 1 amide bonds. The van der Waals surface area contributed by atoms with Crippen molar-refractivity contribution in [3.63, 3.8) is 0 Å². The van der Waals surface area contributed by atoms with E-state index in [1.165, 1.54) is 62.4 Å². The fourth-order valence-electron chi connectivity index (χ4n) is 3.23. The Labute approximate surface area is 160 Å². The van der Waals surface area contributed by atoms with Gasteiger partial charge in [-0.2, -0.15) is 4.83 Å². The minimum atomic E-state index is -1.03. The molecule has 0 bridgehead atoms. The molecule has 1 aliphatic carbocycles. The Balaban J connectivity index is 1.77. The first-order valence-corrected chi connectivity index (χ1v) is 9.81. The molecule has 7 heteroatoms. The molecular formula is C20H21F3N2OS. The first-order valence-electron chi connectivity index (χ1n) is 8.93. The Morgan fingerprint density at radius 2 is 1.81 bits per heavy atom. The van der Waals surface area contributed by atoms with Crippen molar-refractivity contribution in [1.29, 1.82) is 0 Å². The topological polar surface area (TPSA) is 41.1 Å². The highest BCUT2D eigenvalue weighted by Crippen LogP contribution is 2.29. The molecule has 3 nitrogen and oxygen atoms in total. The maximum Gasteiger partial charge on any atom is 0.269 e. The van der Waals surface area contributed by atoms with Crippen LogP contribution in [0.15, 0.2) is 30.3 Å². The van der Waals surface area contributed by atoms with Crippen LogP contribution in [0.2, 0.25) is 0 Å². The molecule has 0 atom stereocenters. The molecule has 2 N–H and O–H groups in total. The fourth-order valence-corrected chi connectivity index (χ4v) is 4.11. The van der Waals surface area contributed by atoms with Crippen LogP contribution in [0.5, 0.6) is 0 Å². The van der Waals surface area contributed by atoms with Gasteiger partial charge >= 0.3 is 0 Å². The van der Waals surface area contributed by atoms with E-state index in [4.69, 9.17) is 0 Å². The van der Waals surface area contributed by atoms with E-state index in [0.29, 0.717) is 5.25 Å². The van der Waals surface area contributed by atoms with Crippen LogP contribution < -0.4 is 10.3 Å². The van der Waals surface area contributed by atoms with Crippen LogP contribution in [0.4, 0.5) is 13.2 Å². The summed E-state index contributed by atoms with van der Waals surface area (Å²) in [6, 6.07) is 6.41. The normalized spacial score (nSPS) is 15.0. The highest BCUT2D eigenvalue weighted by atomic mass is 32.2. The van der Waals surface area contributed by atoms with Crippen LogP contribution in [0.3, 0.4) is 0 Å². The molecule has 2 aromatic rings. The van der Waals surface area contributed by atoms with Crippen molar-refractivity contribution >= 4 is 17.9 Å². The number of benzene rings is 2. The van der Waals surface area contributed by atoms with Gasteiger partial charge in [0.15, 0.2) is 11.6 Å². The van der Waals surface area contributed by atoms with E-state index in [2.05, 4.69) is 10.3 Å². The molecule has 3 rings (SSSR count).